The molecule has 1 unspecified atom stereocenters. The molecule has 2 aromatic carbocycles. The summed E-state index contributed by atoms with van der Waals surface area (Å²) in [6.45, 7) is 1.29. The minimum absolute atomic E-state index is 0.0830. The highest BCUT2D eigenvalue weighted by atomic mass is 79.9. The third kappa shape index (κ3) is 5.11. The third-order valence-electron chi connectivity index (χ3n) is 4.44. The number of amides is 2. The first-order valence-electron chi connectivity index (χ1n) is 9.11. The number of nitrogens with zero attached hydrogens (tertiary/aromatic N) is 1. The van der Waals surface area contributed by atoms with Crippen molar-refractivity contribution >= 4 is 33.4 Å². The van der Waals surface area contributed by atoms with Crippen molar-refractivity contribution < 1.29 is 19.1 Å². The molecule has 2 aromatic rings. The van der Waals surface area contributed by atoms with Gasteiger partial charge in [0.15, 0.2) is 0 Å². The first-order chi connectivity index (χ1) is 13.4. The van der Waals surface area contributed by atoms with Crippen molar-refractivity contribution in [3.63, 3.8) is 0 Å². The summed E-state index contributed by atoms with van der Waals surface area (Å²) in [7, 11) is 3.40. The van der Waals surface area contributed by atoms with Crippen LogP contribution in [0.25, 0.3) is 0 Å². The minimum Gasteiger partial charge on any atom is -0.490 e. The Morgan fingerprint density at radius 2 is 1.89 bits per heavy atom. The van der Waals surface area contributed by atoms with Crippen LogP contribution in [0.1, 0.15) is 33.6 Å². The highest BCUT2D eigenvalue weighted by Gasteiger charge is 2.17. The quantitative estimate of drug-likeness (QED) is 0.728. The van der Waals surface area contributed by atoms with Gasteiger partial charge in [0.25, 0.3) is 11.8 Å². The molecule has 0 bridgehead atoms. The van der Waals surface area contributed by atoms with E-state index in [1.54, 1.807) is 56.6 Å². The van der Waals surface area contributed by atoms with Crippen molar-refractivity contribution in [1.29, 1.82) is 0 Å². The van der Waals surface area contributed by atoms with E-state index in [1.807, 2.05) is 0 Å². The van der Waals surface area contributed by atoms with Crippen LogP contribution in [-0.4, -0.2) is 50.1 Å². The molecule has 1 N–H and O–H groups in total. The van der Waals surface area contributed by atoms with Gasteiger partial charge in [0.2, 0.25) is 0 Å². The first-order valence-corrected chi connectivity index (χ1v) is 9.90. The van der Waals surface area contributed by atoms with Crippen molar-refractivity contribution in [2.24, 2.45) is 0 Å². The summed E-state index contributed by atoms with van der Waals surface area (Å²) in [6.07, 6.45) is 2.22. The van der Waals surface area contributed by atoms with E-state index in [9.17, 15) is 9.59 Å². The van der Waals surface area contributed by atoms with E-state index in [-0.39, 0.29) is 17.9 Å². The van der Waals surface area contributed by atoms with E-state index < -0.39 is 0 Å². The number of halogens is 1. The van der Waals surface area contributed by atoms with Gasteiger partial charge in [-0.3, -0.25) is 9.59 Å². The van der Waals surface area contributed by atoms with E-state index in [2.05, 4.69) is 21.2 Å². The highest BCUT2D eigenvalue weighted by molar-refractivity contribution is 9.10. The number of carbonyl (C=O) groups excluding carboxylic acids is 2. The Labute approximate surface area is 172 Å². The predicted octanol–water partition coefficient (Wildman–Crippen LogP) is 3.96. The summed E-state index contributed by atoms with van der Waals surface area (Å²) >= 11 is 3.46. The normalized spacial score (nSPS) is 15.9. The SMILES string of the molecule is CN(C)C(=O)c1ccc(NC(=O)c2ccc(OCC3CCCO3)c(Br)c2)cc1. The van der Waals surface area contributed by atoms with Crippen molar-refractivity contribution in [3.8, 4) is 5.75 Å². The molecule has 1 fully saturated rings. The molecule has 0 aromatic heterocycles. The number of nitrogens with one attached hydrogen (secondary N) is 1. The van der Waals surface area contributed by atoms with Crippen LogP contribution in [0.5, 0.6) is 5.75 Å². The Kier molecular flexibility index (Phi) is 6.70. The second kappa shape index (κ2) is 9.21. The Morgan fingerprint density at radius 1 is 1.18 bits per heavy atom. The number of rotatable bonds is 6. The Morgan fingerprint density at radius 3 is 2.50 bits per heavy atom. The fourth-order valence-corrected chi connectivity index (χ4v) is 3.37. The van der Waals surface area contributed by atoms with Gasteiger partial charge in [0.05, 0.1) is 10.6 Å². The second-order valence-electron chi connectivity index (χ2n) is 6.82. The Hall–Kier alpha value is -2.38. The lowest BCUT2D eigenvalue weighted by atomic mass is 10.1. The van der Waals surface area contributed by atoms with Crippen LogP contribution in [0.3, 0.4) is 0 Å². The molecule has 1 aliphatic rings. The van der Waals surface area contributed by atoms with Crippen LogP contribution >= 0.6 is 15.9 Å². The zero-order valence-electron chi connectivity index (χ0n) is 15.9. The van der Waals surface area contributed by atoms with Crippen LogP contribution in [0, 0.1) is 0 Å². The number of anilines is 1. The summed E-state index contributed by atoms with van der Waals surface area (Å²) in [5.41, 5.74) is 1.69. The zero-order chi connectivity index (χ0) is 20.1. The van der Waals surface area contributed by atoms with Gasteiger partial charge < -0.3 is 19.7 Å². The standard InChI is InChI=1S/C21H23BrN2O4/c1-24(2)21(26)14-5-8-16(9-6-14)23-20(25)15-7-10-19(18(22)12-15)28-13-17-4-3-11-27-17/h5-10,12,17H,3-4,11,13H2,1-2H3,(H,23,25). The average molecular weight is 447 g/mol. The van der Waals surface area contributed by atoms with Crippen LogP contribution in [0.2, 0.25) is 0 Å². The second-order valence-corrected chi connectivity index (χ2v) is 7.68. The van der Waals surface area contributed by atoms with Crippen molar-refractivity contribution in [2.75, 3.05) is 32.6 Å². The van der Waals surface area contributed by atoms with Crippen LogP contribution < -0.4 is 10.1 Å². The summed E-state index contributed by atoms with van der Waals surface area (Å²) in [5, 5.41) is 2.83. The molecule has 1 saturated heterocycles. The summed E-state index contributed by atoms with van der Waals surface area (Å²) in [6, 6.07) is 12.0. The molecule has 148 valence electrons. The topological polar surface area (TPSA) is 67.9 Å². The summed E-state index contributed by atoms with van der Waals surface area (Å²) in [4.78, 5) is 25.9. The first kappa shape index (κ1) is 20.4. The van der Waals surface area contributed by atoms with Gasteiger partial charge in [0, 0.05) is 37.5 Å². The molecule has 2 amide bonds. The van der Waals surface area contributed by atoms with E-state index in [1.165, 1.54) is 4.90 Å². The molecule has 7 heteroatoms. The monoisotopic (exact) mass is 446 g/mol. The predicted molar refractivity (Wildman–Crippen MR) is 111 cm³/mol. The lowest BCUT2D eigenvalue weighted by Gasteiger charge is -2.13. The fraction of sp³-hybridized carbons (Fsp3) is 0.333. The van der Waals surface area contributed by atoms with Gasteiger partial charge >= 0.3 is 0 Å². The molecule has 0 saturated carbocycles. The minimum atomic E-state index is -0.238. The van der Waals surface area contributed by atoms with Crippen molar-refractivity contribution in [1.82, 2.24) is 4.90 Å². The molecular weight excluding hydrogens is 424 g/mol. The largest absolute Gasteiger partial charge is 0.490 e. The lowest BCUT2D eigenvalue weighted by Crippen LogP contribution is -2.21. The fourth-order valence-electron chi connectivity index (χ4n) is 2.88. The maximum absolute atomic E-state index is 12.5. The maximum atomic E-state index is 12.5. The van der Waals surface area contributed by atoms with Crippen LogP contribution in [-0.2, 0) is 4.74 Å². The van der Waals surface area contributed by atoms with Gasteiger partial charge in [-0.1, -0.05) is 0 Å². The van der Waals surface area contributed by atoms with Gasteiger partial charge in [-0.05, 0) is 71.2 Å². The molecule has 0 spiro atoms. The summed E-state index contributed by atoms with van der Waals surface area (Å²) in [5.74, 6) is 0.358. The van der Waals surface area contributed by atoms with E-state index in [4.69, 9.17) is 9.47 Å². The molecule has 1 atom stereocenters. The van der Waals surface area contributed by atoms with Crippen molar-refractivity contribution in [2.45, 2.75) is 18.9 Å². The number of ether oxygens (including phenoxy) is 2. The summed E-state index contributed by atoms with van der Waals surface area (Å²) < 4.78 is 12.1. The van der Waals surface area contributed by atoms with Gasteiger partial charge in [-0.15, -0.1) is 0 Å². The van der Waals surface area contributed by atoms with Gasteiger partial charge in [0.1, 0.15) is 12.4 Å². The van der Waals surface area contributed by atoms with E-state index in [0.29, 0.717) is 33.6 Å². The van der Waals surface area contributed by atoms with Gasteiger partial charge in [-0.2, -0.15) is 0 Å². The smallest absolute Gasteiger partial charge is 0.255 e. The molecule has 28 heavy (non-hydrogen) atoms. The molecule has 0 radical (unpaired) electrons. The van der Waals surface area contributed by atoms with Gasteiger partial charge in [-0.25, -0.2) is 0 Å². The molecule has 3 rings (SSSR count). The molecule has 6 nitrogen and oxygen atoms in total. The molecule has 1 aliphatic heterocycles. The van der Waals surface area contributed by atoms with Crippen LogP contribution in [0.4, 0.5) is 5.69 Å². The lowest BCUT2D eigenvalue weighted by molar-refractivity contribution is 0.0677. The van der Waals surface area contributed by atoms with E-state index >= 15 is 0 Å². The third-order valence-corrected chi connectivity index (χ3v) is 5.06. The van der Waals surface area contributed by atoms with Crippen molar-refractivity contribution in [3.05, 3.63) is 58.1 Å². The molecular formula is C21H23BrN2O4. The van der Waals surface area contributed by atoms with Crippen LogP contribution in [0.15, 0.2) is 46.9 Å². The highest BCUT2D eigenvalue weighted by Crippen LogP contribution is 2.27. The Bertz CT molecular complexity index is 846. The maximum Gasteiger partial charge on any atom is 0.255 e. The zero-order valence-corrected chi connectivity index (χ0v) is 17.5. The number of benzene rings is 2. The number of hydrogen-bond acceptors (Lipinski definition) is 4. The Balaban J connectivity index is 1.60. The molecule has 1 heterocycles. The average Bonchev–Trinajstić information content (AvgIpc) is 3.20. The van der Waals surface area contributed by atoms with E-state index in [0.717, 1.165) is 19.4 Å². The number of hydrogen-bond donors (Lipinski definition) is 1. The number of carbonyl (C=O) groups is 2. The molecule has 0 aliphatic carbocycles.